The van der Waals surface area contributed by atoms with Gasteiger partial charge in [0.25, 0.3) is 0 Å². The number of aryl methyl sites for hydroxylation is 1. The van der Waals surface area contributed by atoms with Crippen molar-refractivity contribution in [1.82, 2.24) is 0 Å². The third kappa shape index (κ3) is 3.63. The van der Waals surface area contributed by atoms with Crippen LogP contribution in [0.5, 0.6) is 11.5 Å². The molecule has 3 nitrogen and oxygen atoms in total. The van der Waals surface area contributed by atoms with Gasteiger partial charge < -0.3 is 9.84 Å². The molecule has 21 heavy (non-hydrogen) atoms. The number of hydrogen-bond donors (Lipinski definition) is 1. The highest BCUT2D eigenvalue weighted by molar-refractivity contribution is 5.88. The largest absolute Gasteiger partial charge is 0.478 e. The summed E-state index contributed by atoms with van der Waals surface area (Å²) >= 11 is 0. The van der Waals surface area contributed by atoms with Gasteiger partial charge in [-0.25, -0.2) is 4.79 Å². The van der Waals surface area contributed by atoms with Crippen molar-refractivity contribution >= 4 is 5.97 Å². The molecule has 0 spiro atoms. The summed E-state index contributed by atoms with van der Waals surface area (Å²) in [6.45, 7) is 8.23. The quantitative estimate of drug-likeness (QED) is 0.882. The van der Waals surface area contributed by atoms with E-state index in [4.69, 9.17) is 9.84 Å². The predicted molar refractivity (Wildman–Crippen MR) is 83.4 cm³/mol. The maximum absolute atomic E-state index is 11.2. The molecular weight excluding hydrogens is 264 g/mol. The molecule has 0 heterocycles. The molecule has 0 aliphatic carbocycles. The van der Waals surface area contributed by atoms with E-state index in [0.717, 1.165) is 11.1 Å². The summed E-state index contributed by atoms with van der Waals surface area (Å²) in [5.41, 5.74) is 2.23. The summed E-state index contributed by atoms with van der Waals surface area (Å²) < 4.78 is 5.92. The highest BCUT2D eigenvalue weighted by Crippen LogP contribution is 2.35. The smallest absolute Gasteiger partial charge is 0.335 e. The Morgan fingerprint density at radius 2 is 1.67 bits per heavy atom. The SMILES string of the molecule is Cc1ccc(Oc2cc(C(=O)O)ccc2C(C)(C)C)cc1. The number of carbonyl (C=O) groups is 1. The summed E-state index contributed by atoms with van der Waals surface area (Å²) in [7, 11) is 0. The zero-order chi connectivity index (χ0) is 15.6. The molecule has 1 N–H and O–H groups in total. The maximum atomic E-state index is 11.2. The van der Waals surface area contributed by atoms with Gasteiger partial charge in [0.2, 0.25) is 0 Å². The van der Waals surface area contributed by atoms with Crippen LogP contribution in [0.1, 0.15) is 42.3 Å². The number of benzene rings is 2. The average Bonchev–Trinajstić information content (AvgIpc) is 2.40. The summed E-state index contributed by atoms with van der Waals surface area (Å²) in [5, 5.41) is 9.15. The second-order valence-corrected chi connectivity index (χ2v) is 6.18. The van der Waals surface area contributed by atoms with Crippen molar-refractivity contribution in [2.24, 2.45) is 0 Å². The lowest BCUT2D eigenvalue weighted by Crippen LogP contribution is -2.13. The molecule has 0 radical (unpaired) electrons. The number of aromatic carboxylic acids is 1. The molecule has 0 aliphatic heterocycles. The number of ether oxygens (including phenoxy) is 1. The first kappa shape index (κ1) is 15.1. The molecule has 2 rings (SSSR count). The second-order valence-electron chi connectivity index (χ2n) is 6.18. The van der Waals surface area contributed by atoms with Crippen LogP contribution in [0.2, 0.25) is 0 Å². The number of carboxylic acid groups (broad SMARTS) is 1. The average molecular weight is 284 g/mol. The highest BCUT2D eigenvalue weighted by atomic mass is 16.5. The Morgan fingerprint density at radius 1 is 1.05 bits per heavy atom. The Labute approximate surface area is 125 Å². The Morgan fingerprint density at radius 3 is 2.19 bits per heavy atom. The van der Waals surface area contributed by atoms with Gasteiger partial charge >= 0.3 is 5.97 Å². The van der Waals surface area contributed by atoms with Crippen molar-refractivity contribution in [3.05, 3.63) is 59.2 Å². The Kier molecular flexibility index (Phi) is 4.03. The molecule has 0 saturated heterocycles. The van der Waals surface area contributed by atoms with Crippen LogP contribution in [0.3, 0.4) is 0 Å². The van der Waals surface area contributed by atoms with E-state index in [1.165, 1.54) is 0 Å². The van der Waals surface area contributed by atoms with Gasteiger partial charge in [0.05, 0.1) is 5.56 Å². The molecule has 0 aliphatic rings. The molecule has 0 atom stereocenters. The summed E-state index contributed by atoms with van der Waals surface area (Å²) in [6.07, 6.45) is 0. The lowest BCUT2D eigenvalue weighted by Gasteiger charge is -2.23. The Balaban J connectivity index is 2.45. The normalized spacial score (nSPS) is 11.2. The lowest BCUT2D eigenvalue weighted by molar-refractivity contribution is 0.0696. The van der Waals surface area contributed by atoms with Crippen molar-refractivity contribution in [2.75, 3.05) is 0 Å². The van der Waals surface area contributed by atoms with E-state index in [0.29, 0.717) is 11.5 Å². The molecule has 0 fully saturated rings. The predicted octanol–water partition coefficient (Wildman–Crippen LogP) is 4.78. The topological polar surface area (TPSA) is 46.5 Å². The van der Waals surface area contributed by atoms with Gasteiger partial charge in [-0.15, -0.1) is 0 Å². The van der Waals surface area contributed by atoms with E-state index >= 15 is 0 Å². The minimum absolute atomic E-state index is 0.128. The molecule has 3 heteroatoms. The van der Waals surface area contributed by atoms with Crippen molar-refractivity contribution in [3.8, 4) is 11.5 Å². The molecule has 110 valence electrons. The van der Waals surface area contributed by atoms with Crippen LogP contribution in [0, 0.1) is 6.92 Å². The zero-order valence-corrected chi connectivity index (χ0v) is 12.8. The van der Waals surface area contributed by atoms with E-state index in [-0.39, 0.29) is 11.0 Å². The fourth-order valence-electron chi connectivity index (χ4n) is 2.09. The van der Waals surface area contributed by atoms with Crippen LogP contribution in [-0.2, 0) is 5.41 Å². The van der Waals surface area contributed by atoms with Crippen molar-refractivity contribution in [3.63, 3.8) is 0 Å². The van der Waals surface area contributed by atoms with Crippen molar-refractivity contribution in [1.29, 1.82) is 0 Å². The fraction of sp³-hybridized carbons (Fsp3) is 0.278. The molecule has 0 bridgehead atoms. The van der Waals surface area contributed by atoms with Gasteiger partial charge in [0, 0.05) is 5.56 Å². The molecule has 2 aromatic rings. The zero-order valence-electron chi connectivity index (χ0n) is 12.8. The van der Waals surface area contributed by atoms with Crippen LogP contribution >= 0.6 is 0 Å². The van der Waals surface area contributed by atoms with Crippen LogP contribution in [-0.4, -0.2) is 11.1 Å². The molecule has 0 unspecified atom stereocenters. The summed E-state index contributed by atoms with van der Waals surface area (Å²) in [6, 6.07) is 12.7. The first-order valence-corrected chi connectivity index (χ1v) is 6.90. The van der Waals surface area contributed by atoms with Gasteiger partial charge in [-0.05, 0) is 36.6 Å². The fourth-order valence-corrected chi connectivity index (χ4v) is 2.09. The van der Waals surface area contributed by atoms with E-state index in [1.807, 2.05) is 37.3 Å². The van der Waals surface area contributed by atoms with E-state index in [9.17, 15) is 4.79 Å². The van der Waals surface area contributed by atoms with E-state index in [1.54, 1.807) is 12.1 Å². The standard InChI is InChI=1S/C18H20O3/c1-12-5-8-14(9-6-12)21-16-11-13(17(19)20)7-10-15(16)18(2,3)4/h5-11H,1-4H3,(H,19,20). The number of carboxylic acids is 1. The van der Waals surface area contributed by atoms with Crippen LogP contribution < -0.4 is 4.74 Å². The first-order chi connectivity index (χ1) is 9.77. The van der Waals surface area contributed by atoms with Gasteiger partial charge in [-0.1, -0.05) is 44.5 Å². The van der Waals surface area contributed by atoms with Gasteiger partial charge in [-0.2, -0.15) is 0 Å². The molecule has 2 aromatic carbocycles. The molecule has 0 aromatic heterocycles. The molecule has 0 amide bonds. The third-order valence-corrected chi connectivity index (χ3v) is 3.29. The van der Waals surface area contributed by atoms with E-state index < -0.39 is 5.97 Å². The minimum atomic E-state index is -0.954. The van der Waals surface area contributed by atoms with Crippen LogP contribution in [0.4, 0.5) is 0 Å². The summed E-state index contributed by atoms with van der Waals surface area (Å²) in [5.74, 6) is 0.337. The maximum Gasteiger partial charge on any atom is 0.335 e. The Hall–Kier alpha value is -2.29. The lowest BCUT2D eigenvalue weighted by atomic mass is 9.86. The molecule has 0 saturated carbocycles. The number of rotatable bonds is 3. The van der Waals surface area contributed by atoms with Crippen LogP contribution in [0.25, 0.3) is 0 Å². The van der Waals surface area contributed by atoms with Gasteiger partial charge in [0.1, 0.15) is 11.5 Å². The van der Waals surface area contributed by atoms with Gasteiger partial charge in [0.15, 0.2) is 0 Å². The van der Waals surface area contributed by atoms with Crippen LogP contribution in [0.15, 0.2) is 42.5 Å². The minimum Gasteiger partial charge on any atom is -0.478 e. The monoisotopic (exact) mass is 284 g/mol. The Bertz CT molecular complexity index is 649. The van der Waals surface area contributed by atoms with Gasteiger partial charge in [-0.3, -0.25) is 0 Å². The summed E-state index contributed by atoms with van der Waals surface area (Å²) in [4.78, 5) is 11.2. The highest BCUT2D eigenvalue weighted by Gasteiger charge is 2.21. The second kappa shape index (κ2) is 5.60. The van der Waals surface area contributed by atoms with Crippen molar-refractivity contribution in [2.45, 2.75) is 33.1 Å². The van der Waals surface area contributed by atoms with Crippen molar-refractivity contribution < 1.29 is 14.6 Å². The first-order valence-electron chi connectivity index (χ1n) is 6.90. The van der Waals surface area contributed by atoms with E-state index in [2.05, 4.69) is 20.8 Å². The third-order valence-electron chi connectivity index (χ3n) is 3.29. The molecular formula is C18H20O3. The number of hydrogen-bond acceptors (Lipinski definition) is 2.